The van der Waals surface area contributed by atoms with Gasteiger partial charge in [0.05, 0.1) is 19.9 Å². The second-order valence-electron chi connectivity index (χ2n) is 7.82. The summed E-state index contributed by atoms with van der Waals surface area (Å²) in [6.07, 6.45) is -4.05. The Labute approximate surface area is 165 Å². The predicted octanol–water partition coefficient (Wildman–Crippen LogP) is 1.96. The van der Waals surface area contributed by atoms with Crippen LogP contribution in [0, 0.1) is 11.3 Å². The van der Waals surface area contributed by atoms with Crippen molar-refractivity contribution in [3.05, 3.63) is 0 Å². The maximum absolute atomic E-state index is 11.7. The van der Waals surface area contributed by atoms with E-state index in [9.17, 15) is 19.2 Å². The van der Waals surface area contributed by atoms with Crippen molar-refractivity contribution >= 4 is 24.1 Å². The summed E-state index contributed by atoms with van der Waals surface area (Å²) in [5.41, 5.74) is -0.208. The molecule has 162 valence electrons. The lowest BCUT2D eigenvalue weighted by Gasteiger charge is -2.20. The molecule has 0 rings (SSSR count). The van der Waals surface area contributed by atoms with Gasteiger partial charge < -0.3 is 29.6 Å². The molecule has 10 heteroatoms. The highest BCUT2D eigenvalue weighted by molar-refractivity contribution is 5.79. The Morgan fingerprint density at radius 1 is 0.786 bits per heavy atom. The van der Waals surface area contributed by atoms with Crippen molar-refractivity contribution in [3.63, 3.8) is 0 Å². The van der Waals surface area contributed by atoms with Crippen LogP contribution in [0.5, 0.6) is 0 Å². The van der Waals surface area contributed by atoms with Crippen LogP contribution < -0.4 is 10.6 Å². The van der Waals surface area contributed by atoms with Crippen LogP contribution in [0.3, 0.4) is 0 Å². The maximum atomic E-state index is 11.7. The number of esters is 2. The van der Waals surface area contributed by atoms with E-state index in [1.165, 1.54) is 13.8 Å². The molecule has 0 heterocycles. The summed E-state index contributed by atoms with van der Waals surface area (Å²) in [7, 11) is 0. The molecule has 0 aromatic carbocycles. The summed E-state index contributed by atoms with van der Waals surface area (Å²) in [5, 5.41) is 4.43. The zero-order valence-corrected chi connectivity index (χ0v) is 17.6. The minimum absolute atomic E-state index is 0.160. The summed E-state index contributed by atoms with van der Waals surface area (Å²) in [6.45, 7) is 12.3. The number of amides is 2. The van der Waals surface area contributed by atoms with Gasteiger partial charge in [-0.05, 0) is 25.2 Å². The van der Waals surface area contributed by atoms with E-state index >= 15 is 0 Å². The highest BCUT2D eigenvalue weighted by atomic mass is 16.6. The molecule has 2 atom stereocenters. The molecule has 0 aromatic heterocycles. The van der Waals surface area contributed by atoms with Gasteiger partial charge in [-0.15, -0.1) is 0 Å². The lowest BCUT2D eigenvalue weighted by molar-refractivity contribution is -0.155. The summed E-state index contributed by atoms with van der Waals surface area (Å²) < 4.78 is 19.6. The summed E-state index contributed by atoms with van der Waals surface area (Å²) >= 11 is 0. The Balaban J connectivity index is 4.08. The van der Waals surface area contributed by atoms with Gasteiger partial charge in [-0.1, -0.05) is 34.6 Å². The van der Waals surface area contributed by atoms with E-state index in [1.807, 2.05) is 34.6 Å². The number of alkyl carbamates (subject to hydrolysis) is 2. The molecule has 2 unspecified atom stereocenters. The van der Waals surface area contributed by atoms with Gasteiger partial charge in [0.25, 0.3) is 0 Å². The van der Waals surface area contributed by atoms with Crippen molar-refractivity contribution in [1.29, 1.82) is 0 Å². The van der Waals surface area contributed by atoms with Crippen LogP contribution in [0.1, 0.15) is 48.5 Å². The van der Waals surface area contributed by atoms with Crippen LogP contribution in [0.15, 0.2) is 0 Å². The molecule has 28 heavy (non-hydrogen) atoms. The molecule has 10 nitrogen and oxygen atoms in total. The average Bonchev–Trinajstić information content (AvgIpc) is 2.56. The topological polar surface area (TPSA) is 129 Å². The average molecular weight is 404 g/mol. The third-order valence-corrected chi connectivity index (χ3v) is 2.90. The van der Waals surface area contributed by atoms with Gasteiger partial charge in [0.15, 0.2) is 12.2 Å². The first-order valence-corrected chi connectivity index (χ1v) is 9.04. The molecule has 0 bridgehead atoms. The van der Waals surface area contributed by atoms with E-state index in [-0.39, 0.29) is 31.2 Å². The number of nitrogens with one attached hydrogen (secondary N) is 2. The van der Waals surface area contributed by atoms with Crippen LogP contribution in [0.2, 0.25) is 0 Å². The predicted molar refractivity (Wildman–Crippen MR) is 99.2 cm³/mol. The molecule has 0 radical (unpaired) electrons. The fourth-order valence-corrected chi connectivity index (χ4v) is 1.46. The van der Waals surface area contributed by atoms with E-state index in [0.29, 0.717) is 0 Å². The van der Waals surface area contributed by atoms with Gasteiger partial charge >= 0.3 is 24.1 Å². The number of hydrogen-bond donors (Lipinski definition) is 2. The van der Waals surface area contributed by atoms with Crippen molar-refractivity contribution in [1.82, 2.24) is 10.6 Å². The molecule has 0 spiro atoms. The SMILES string of the molecule is CC(C)COC(=O)C(C)OC(=O)NCNC(=O)OC(C)C(=O)OCC(C)(C)C. The first-order chi connectivity index (χ1) is 12.8. The van der Waals surface area contributed by atoms with Crippen LogP contribution in [0.25, 0.3) is 0 Å². The normalized spacial score (nSPS) is 13.1. The van der Waals surface area contributed by atoms with Crippen molar-refractivity contribution < 1.29 is 38.1 Å². The lowest BCUT2D eigenvalue weighted by Crippen LogP contribution is -2.41. The number of carbonyl (C=O) groups is 4. The maximum Gasteiger partial charge on any atom is 0.409 e. The van der Waals surface area contributed by atoms with Crippen LogP contribution >= 0.6 is 0 Å². The van der Waals surface area contributed by atoms with Crippen molar-refractivity contribution in [2.24, 2.45) is 11.3 Å². The highest BCUT2D eigenvalue weighted by Crippen LogP contribution is 2.13. The zero-order chi connectivity index (χ0) is 21.9. The van der Waals surface area contributed by atoms with Gasteiger partial charge in [0.1, 0.15) is 0 Å². The van der Waals surface area contributed by atoms with E-state index in [2.05, 4.69) is 10.6 Å². The Morgan fingerprint density at radius 2 is 1.21 bits per heavy atom. The Hall–Kier alpha value is -2.52. The van der Waals surface area contributed by atoms with Crippen LogP contribution in [-0.4, -0.2) is 56.2 Å². The molecule has 0 aliphatic carbocycles. The number of hydrogen-bond acceptors (Lipinski definition) is 8. The number of ether oxygens (including phenoxy) is 4. The molecule has 2 N–H and O–H groups in total. The minimum atomic E-state index is -1.11. The monoisotopic (exact) mass is 404 g/mol. The zero-order valence-electron chi connectivity index (χ0n) is 17.6. The minimum Gasteiger partial charge on any atom is -0.463 e. The third kappa shape index (κ3) is 12.8. The first kappa shape index (κ1) is 25.5. The molecular formula is C18H32N2O8. The van der Waals surface area contributed by atoms with Crippen LogP contribution in [-0.2, 0) is 28.5 Å². The van der Waals surface area contributed by atoms with Gasteiger partial charge in [0, 0.05) is 0 Å². The van der Waals surface area contributed by atoms with Crippen LogP contribution in [0.4, 0.5) is 9.59 Å². The highest BCUT2D eigenvalue weighted by Gasteiger charge is 2.22. The van der Waals surface area contributed by atoms with Crippen molar-refractivity contribution in [2.45, 2.75) is 60.7 Å². The second-order valence-corrected chi connectivity index (χ2v) is 7.82. The molecule has 0 fully saturated rings. The molecule has 0 aromatic rings. The standard InChI is InChI=1S/C18H32N2O8/c1-11(2)8-25-14(21)12(3)27-16(23)19-10-20-17(24)28-13(4)15(22)26-9-18(5,6)7/h11-13H,8-10H2,1-7H3,(H,19,23)(H,20,24). The number of rotatable bonds is 9. The van der Waals surface area contributed by atoms with E-state index < -0.39 is 36.3 Å². The fraction of sp³-hybridized carbons (Fsp3) is 0.778. The Kier molecular flexibility index (Phi) is 11.0. The molecule has 2 amide bonds. The van der Waals surface area contributed by atoms with Gasteiger partial charge in [0.2, 0.25) is 0 Å². The first-order valence-electron chi connectivity index (χ1n) is 9.04. The van der Waals surface area contributed by atoms with Crippen molar-refractivity contribution in [2.75, 3.05) is 19.9 Å². The molecule has 0 aliphatic rings. The smallest absolute Gasteiger partial charge is 0.409 e. The molecule has 0 aliphatic heterocycles. The van der Waals surface area contributed by atoms with Gasteiger partial charge in [-0.25, -0.2) is 19.2 Å². The summed E-state index contributed by atoms with van der Waals surface area (Å²) in [6, 6.07) is 0. The summed E-state index contributed by atoms with van der Waals surface area (Å²) in [5.74, 6) is -1.18. The Bertz CT molecular complexity index is 542. The molecular weight excluding hydrogens is 372 g/mol. The third-order valence-electron chi connectivity index (χ3n) is 2.90. The molecule has 0 saturated heterocycles. The second kappa shape index (κ2) is 12.0. The largest absolute Gasteiger partial charge is 0.463 e. The molecule has 0 saturated carbocycles. The Morgan fingerprint density at radius 3 is 1.61 bits per heavy atom. The number of carbonyl (C=O) groups excluding carboxylic acids is 4. The van der Waals surface area contributed by atoms with Gasteiger partial charge in [-0.2, -0.15) is 0 Å². The lowest BCUT2D eigenvalue weighted by atomic mass is 9.99. The van der Waals surface area contributed by atoms with E-state index in [1.54, 1.807) is 0 Å². The quantitative estimate of drug-likeness (QED) is 0.339. The van der Waals surface area contributed by atoms with E-state index in [0.717, 1.165) is 0 Å². The van der Waals surface area contributed by atoms with Gasteiger partial charge in [-0.3, -0.25) is 0 Å². The van der Waals surface area contributed by atoms with E-state index in [4.69, 9.17) is 18.9 Å². The summed E-state index contributed by atoms with van der Waals surface area (Å²) in [4.78, 5) is 46.5. The van der Waals surface area contributed by atoms with Crippen molar-refractivity contribution in [3.8, 4) is 0 Å². The fourth-order valence-electron chi connectivity index (χ4n) is 1.46.